The number of methoxy groups -OCH3 is 2. The van der Waals surface area contributed by atoms with E-state index in [4.69, 9.17) is 9.47 Å². The summed E-state index contributed by atoms with van der Waals surface area (Å²) in [6.07, 6.45) is 0.412. The zero-order valence-electron chi connectivity index (χ0n) is 15.2. The number of hydrogen-bond donors (Lipinski definition) is 2. The van der Waals surface area contributed by atoms with Gasteiger partial charge in [0.25, 0.3) is 0 Å². The van der Waals surface area contributed by atoms with Crippen LogP contribution in [0.15, 0.2) is 18.2 Å². The minimum Gasteiger partial charge on any atom is -0.493 e. The zero-order valence-corrected chi connectivity index (χ0v) is 15.2. The van der Waals surface area contributed by atoms with Gasteiger partial charge < -0.3 is 24.8 Å². The molecule has 2 atom stereocenters. The fourth-order valence-corrected chi connectivity index (χ4v) is 2.95. The van der Waals surface area contributed by atoms with Crippen molar-refractivity contribution in [3.05, 3.63) is 23.8 Å². The summed E-state index contributed by atoms with van der Waals surface area (Å²) in [5.74, 6) is -0.925. The number of carboxylic acid groups (broad SMARTS) is 1. The summed E-state index contributed by atoms with van der Waals surface area (Å²) in [4.78, 5) is 37.2. The van der Waals surface area contributed by atoms with Crippen molar-refractivity contribution in [3.63, 3.8) is 0 Å². The number of carbonyl (C=O) groups is 3. The number of nitrogens with zero attached hydrogens (tertiary/aromatic N) is 1. The number of ether oxygens (including phenoxy) is 2. The molecule has 0 bridgehead atoms. The highest BCUT2D eigenvalue weighted by atomic mass is 16.5. The van der Waals surface area contributed by atoms with Gasteiger partial charge in [0.15, 0.2) is 11.5 Å². The number of carbonyl (C=O) groups excluding carboxylic acids is 2. The fourth-order valence-electron chi connectivity index (χ4n) is 2.95. The van der Waals surface area contributed by atoms with E-state index in [9.17, 15) is 19.5 Å². The maximum absolute atomic E-state index is 12.6. The van der Waals surface area contributed by atoms with Crippen LogP contribution >= 0.6 is 0 Å². The van der Waals surface area contributed by atoms with Gasteiger partial charge >= 0.3 is 5.97 Å². The number of benzene rings is 1. The summed E-state index contributed by atoms with van der Waals surface area (Å²) in [5.41, 5.74) is 0.595. The number of aliphatic carboxylic acids is 1. The quantitative estimate of drug-likeness (QED) is 0.753. The molecule has 2 unspecified atom stereocenters. The molecule has 0 aromatic heterocycles. The first-order valence-electron chi connectivity index (χ1n) is 8.33. The molecule has 2 N–H and O–H groups in total. The molecular formula is C18H24N2O6. The summed E-state index contributed by atoms with van der Waals surface area (Å²) in [5, 5.41) is 12.0. The molecule has 1 aliphatic rings. The van der Waals surface area contributed by atoms with Crippen LogP contribution in [0.25, 0.3) is 0 Å². The summed E-state index contributed by atoms with van der Waals surface area (Å²) >= 11 is 0. The van der Waals surface area contributed by atoms with Crippen molar-refractivity contribution in [3.8, 4) is 11.5 Å². The van der Waals surface area contributed by atoms with Crippen LogP contribution in [0, 0.1) is 5.92 Å². The number of likely N-dealkylation sites (tertiary alicyclic amines) is 1. The zero-order chi connectivity index (χ0) is 19.3. The largest absolute Gasteiger partial charge is 0.493 e. The van der Waals surface area contributed by atoms with E-state index in [2.05, 4.69) is 5.32 Å². The average Bonchev–Trinajstić information content (AvgIpc) is 2.62. The highest BCUT2D eigenvalue weighted by molar-refractivity contribution is 5.87. The van der Waals surface area contributed by atoms with E-state index in [1.54, 1.807) is 30.1 Å². The Labute approximate surface area is 152 Å². The normalized spacial score (nSPS) is 18.2. The third-order valence-corrected chi connectivity index (χ3v) is 4.54. The third kappa shape index (κ3) is 4.65. The number of nitrogens with one attached hydrogen (secondary N) is 1. The predicted octanol–water partition coefficient (Wildman–Crippen LogP) is 1.20. The maximum atomic E-state index is 12.6. The van der Waals surface area contributed by atoms with Crippen molar-refractivity contribution < 1.29 is 29.0 Å². The minimum atomic E-state index is -1.04. The van der Waals surface area contributed by atoms with Crippen molar-refractivity contribution in [2.24, 2.45) is 5.92 Å². The van der Waals surface area contributed by atoms with Crippen molar-refractivity contribution in [2.75, 3.05) is 27.8 Å². The lowest BCUT2D eigenvalue weighted by atomic mass is 9.94. The van der Waals surface area contributed by atoms with E-state index in [1.165, 1.54) is 14.2 Å². The molecule has 1 fully saturated rings. The van der Waals surface area contributed by atoms with Crippen LogP contribution in [-0.4, -0.2) is 55.6 Å². The second kappa shape index (κ2) is 8.55. The van der Waals surface area contributed by atoms with E-state index in [0.717, 1.165) is 0 Å². The highest BCUT2D eigenvalue weighted by Crippen LogP contribution is 2.31. The van der Waals surface area contributed by atoms with E-state index >= 15 is 0 Å². The molecule has 26 heavy (non-hydrogen) atoms. The standard InChI is InChI=1S/C18H24N2O6/c1-20-7-6-12(9-16(20)21)18(24)19-13(10-17(22)23)11-4-5-14(25-2)15(8-11)26-3/h4-5,8,12-13H,6-7,9-10H2,1-3H3,(H,19,24)(H,22,23). The third-order valence-electron chi connectivity index (χ3n) is 4.54. The van der Waals surface area contributed by atoms with E-state index in [1.807, 2.05) is 0 Å². The van der Waals surface area contributed by atoms with Crippen molar-refractivity contribution >= 4 is 17.8 Å². The molecule has 0 saturated carbocycles. The lowest BCUT2D eigenvalue weighted by Crippen LogP contribution is -2.43. The second-order valence-corrected chi connectivity index (χ2v) is 6.28. The molecule has 0 radical (unpaired) electrons. The van der Waals surface area contributed by atoms with Crippen molar-refractivity contribution in [1.82, 2.24) is 10.2 Å². The van der Waals surface area contributed by atoms with Gasteiger partial charge in [-0.2, -0.15) is 0 Å². The Morgan fingerprint density at radius 1 is 1.31 bits per heavy atom. The van der Waals surface area contributed by atoms with Crippen LogP contribution in [0.1, 0.15) is 30.9 Å². The van der Waals surface area contributed by atoms with Gasteiger partial charge in [-0.25, -0.2) is 0 Å². The molecule has 2 amide bonds. The van der Waals surface area contributed by atoms with E-state index in [0.29, 0.717) is 30.0 Å². The summed E-state index contributed by atoms with van der Waals surface area (Å²) in [6, 6.07) is 4.27. The first-order chi connectivity index (χ1) is 12.3. The van der Waals surface area contributed by atoms with Crippen LogP contribution < -0.4 is 14.8 Å². The predicted molar refractivity (Wildman–Crippen MR) is 93.0 cm³/mol. The molecule has 8 heteroatoms. The van der Waals surface area contributed by atoms with Crippen molar-refractivity contribution in [2.45, 2.75) is 25.3 Å². The van der Waals surface area contributed by atoms with Crippen LogP contribution in [0.5, 0.6) is 11.5 Å². The monoisotopic (exact) mass is 364 g/mol. The first kappa shape index (κ1) is 19.6. The smallest absolute Gasteiger partial charge is 0.305 e. The molecule has 1 aliphatic heterocycles. The van der Waals surface area contributed by atoms with Gasteiger partial charge in [0, 0.05) is 25.9 Å². The van der Waals surface area contributed by atoms with Gasteiger partial charge in [-0.1, -0.05) is 6.07 Å². The Morgan fingerprint density at radius 2 is 2.00 bits per heavy atom. The Hall–Kier alpha value is -2.77. The summed E-state index contributed by atoms with van der Waals surface area (Å²) in [7, 11) is 4.69. The van der Waals surface area contributed by atoms with Gasteiger partial charge in [0.05, 0.1) is 26.7 Å². The molecule has 1 aromatic rings. The molecule has 1 aromatic carbocycles. The molecule has 142 valence electrons. The fraction of sp³-hybridized carbons (Fsp3) is 0.500. The van der Waals surface area contributed by atoms with Gasteiger partial charge in [0.2, 0.25) is 11.8 Å². The van der Waals surface area contributed by atoms with Crippen LogP contribution in [0.4, 0.5) is 0 Å². The van der Waals surface area contributed by atoms with Crippen LogP contribution in [0.3, 0.4) is 0 Å². The Balaban J connectivity index is 2.18. The number of amides is 2. The number of hydrogen-bond acceptors (Lipinski definition) is 5. The SMILES string of the molecule is COc1ccc(C(CC(=O)O)NC(=O)C2CCN(C)C(=O)C2)cc1OC. The highest BCUT2D eigenvalue weighted by Gasteiger charge is 2.30. The first-order valence-corrected chi connectivity index (χ1v) is 8.33. The molecule has 1 heterocycles. The Kier molecular flexibility index (Phi) is 6.43. The van der Waals surface area contributed by atoms with Gasteiger partial charge in [-0.15, -0.1) is 0 Å². The van der Waals surface area contributed by atoms with Crippen LogP contribution in [-0.2, 0) is 14.4 Å². The van der Waals surface area contributed by atoms with E-state index < -0.39 is 17.9 Å². The summed E-state index contributed by atoms with van der Waals surface area (Å²) in [6.45, 7) is 0.511. The molecule has 8 nitrogen and oxygen atoms in total. The molecule has 0 aliphatic carbocycles. The van der Waals surface area contributed by atoms with Gasteiger partial charge in [-0.3, -0.25) is 14.4 Å². The molecule has 2 rings (SSSR count). The topological polar surface area (TPSA) is 105 Å². The molecule has 1 saturated heterocycles. The average molecular weight is 364 g/mol. The Morgan fingerprint density at radius 3 is 2.58 bits per heavy atom. The minimum absolute atomic E-state index is 0.0858. The van der Waals surface area contributed by atoms with Crippen LogP contribution in [0.2, 0.25) is 0 Å². The van der Waals surface area contributed by atoms with Gasteiger partial charge in [-0.05, 0) is 24.1 Å². The lowest BCUT2D eigenvalue weighted by Gasteiger charge is -2.29. The Bertz CT molecular complexity index is 690. The van der Waals surface area contributed by atoms with Crippen molar-refractivity contribution in [1.29, 1.82) is 0 Å². The van der Waals surface area contributed by atoms with E-state index in [-0.39, 0.29) is 24.7 Å². The van der Waals surface area contributed by atoms with Gasteiger partial charge in [0.1, 0.15) is 0 Å². The second-order valence-electron chi connectivity index (χ2n) is 6.28. The maximum Gasteiger partial charge on any atom is 0.305 e. The summed E-state index contributed by atoms with van der Waals surface area (Å²) < 4.78 is 10.4. The number of piperidine rings is 1. The number of rotatable bonds is 7. The molecule has 0 spiro atoms. The lowest BCUT2D eigenvalue weighted by molar-refractivity contribution is -0.140. The molecular weight excluding hydrogens is 340 g/mol. The number of carboxylic acids is 1.